The summed E-state index contributed by atoms with van der Waals surface area (Å²) >= 11 is 0. The van der Waals surface area contributed by atoms with Crippen LogP contribution in [0.25, 0.3) is 0 Å². The van der Waals surface area contributed by atoms with Crippen molar-refractivity contribution in [1.82, 2.24) is 0 Å². The number of fused-ring (bicyclic) bond motifs is 1. The quantitative estimate of drug-likeness (QED) is 0.394. The number of esters is 1. The average Bonchev–Trinajstić information content (AvgIpc) is 2.75. The van der Waals surface area contributed by atoms with Crippen LogP contribution in [0.5, 0.6) is 11.5 Å². The number of phenolic OH excluding ortho intramolecular Hbond substituents is 2. The van der Waals surface area contributed by atoms with Gasteiger partial charge in [0.05, 0.1) is 6.10 Å². The molecule has 0 amide bonds. The Balaban J connectivity index is 2.44. The minimum absolute atomic E-state index is 0.0912. The second kappa shape index (κ2) is 12.7. The normalized spacial score (nSPS) is 22.2. The molecule has 0 bridgehead atoms. The lowest BCUT2D eigenvalue weighted by atomic mass is 9.93. The molecule has 6 heteroatoms. The molecule has 1 unspecified atom stereocenters. The SMILES string of the molecule is C\C=C/C=C\C=C\[C@H]1C/C=C/CCC(OC)CC(=O)Cc2c(C)c(O)cc(O)c2C(=O)O1. The number of hydrogen-bond donors (Lipinski definition) is 2. The summed E-state index contributed by atoms with van der Waals surface area (Å²) in [6, 6.07) is 1.10. The number of aromatic hydroxyl groups is 2. The van der Waals surface area contributed by atoms with Crippen LogP contribution in [0.4, 0.5) is 0 Å². The minimum Gasteiger partial charge on any atom is -0.508 e. The number of ketones is 1. The summed E-state index contributed by atoms with van der Waals surface area (Å²) in [7, 11) is 1.57. The van der Waals surface area contributed by atoms with Gasteiger partial charge in [-0.15, -0.1) is 0 Å². The van der Waals surface area contributed by atoms with Gasteiger partial charge >= 0.3 is 5.97 Å². The van der Waals surface area contributed by atoms with E-state index in [1.165, 1.54) is 0 Å². The summed E-state index contributed by atoms with van der Waals surface area (Å²) < 4.78 is 11.1. The highest BCUT2D eigenvalue weighted by atomic mass is 16.5. The zero-order valence-corrected chi connectivity index (χ0v) is 18.9. The molecule has 0 saturated heterocycles. The Kier molecular flexibility index (Phi) is 9.95. The number of Topliss-reactive ketones (excluding diaryl/α,β-unsaturated/α-hetero) is 1. The number of carbonyl (C=O) groups excluding carboxylic acids is 2. The van der Waals surface area contributed by atoms with E-state index < -0.39 is 17.8 Å². The van der Waals surface area contributed by atoms with Crippen LogP contribution in [0.3, 0.4) is 0 Å². The number of carbonyl (C=O) groups is 2. The molecule has 1 aromatic rings. The summed E-state index contributed by atoms with van der Waals surface area (Å²) in [6.45, 7) is 3.53. The van der Waals surface area contributed by atoms with E-state index >= 15 is 0 Å². The van der Waals surface area contributed by atoms with Crippen LogP contribution >= 0.6 is 0 Å². The molecule has 2 atom stereocenters. The van der Waals surface area contributed by atoms with Gasteiger partial charge in [-0.25, -0.2) is 4.79 Å². The van der Waals surface area contributed by atoms with Crippen LogP contribution in [0.15, 0.2) is 54.7 Å². The Labute approximate surface area is 189 Å². The molecule has 1 aromatic carbocycles. The number of rotatable bonds is 4. The molecule has 6 nitrogen and oxygen atoms in total. The first-order valence-electron chi connectivity index (χ1n) is 10.8. The molecule has 1 aliphatic rings. The van der Waals surface area contributed by atoms with Gasteiger partial charge in [-0.05, 0) is 43.9 Å². The number of hydrogen-bond acceptors (Lipinski definition) is 6. The van der Waals surface area contributed by atoms with Crippen LogP contribution in [0.1, 0.15) is 54.1 Å². The number of cyclic esters (lactones) is 1. The molecular formula is C26H32O6. The van der Waals surface area contributed by atoms with E-state index in [1.807, 2.05) is 43.4 Å². The number of allylic oxidation sites excluding steroid dienone is 6. The first kappa shape index (κ1) is 25.1. The van der Waals surface area contributed by atoms with Crippen molar-refractivity contribution < 1.29 is 29.3 Å². The Hall–Kier alpha value is -3.12. The van der Waals surface area contributed by atoms with Gasteiger partial charge in [0.25, 0.3) is 0 Å². The topological polar surface area (TPSA) is 93.1 Å². The van der Waals surface area contributed by atoms with Crippen LogP contribution in [0, 0.1) is 6.92 Å². The van der Waals surface area contributed by atoms with Gasteiger partial charge in [0.1, 0.15) is 28.9 Å². The van der Waals surface area contributed by atoms with Crippen molar-refractivity contribution >= 4 is 11.8 Å². The van der Waals surface area contributed by atoms with E-state index in [4.69, 9.17) is 9.47 Å². The van der Waals surface area contributed by atoms with Crippen LogP contribution in [0.2, 0.25) is 0 Å². The maximum atomic E-state index is 13.0. The maximum Gasteiger partial charge on any atom is 0.342 e. The summed E-state index contributed by atoms with van der Waals surface area (Å²) in [6.07, 6.45) is 16.1. The molecule has 2 N–H and O–H groups in total. The third-order valence-electron chi connectivity index (χ3n) is 5.34. The molecule has 0 spiro atoms. The standard InChI is InChI=1S/C26H32O6/c1-4-5-6-7-9-12-20-13-10-8-11-14-21(31-3)15-19(27)16-22-18(2)23(28)17-24(29)25(22)26(30)32-20/h4-10,12,17,20-21,28-29H,11,13-16H2,1-3H3/b5-4-,7-6-,10-8+,12-9+/t20-,21?/m0/s1. The number of phenols is 2. The lowest BCUT2D eigenvalue weighted by molar-refractivity contribution is -0.120. The number of methoxy groups -OCH3 is 1. The van der Waals surface area contributed by atoms with Gasteiger partial charge in [-0.2, -0.15) is 0 Å². The van der Waals surface area contributed by atoms with E-state index in [0.717, 1.165) is 12.5 Å². The fourth-order valence-electron chi connectivity index (χ4n) is 3.50. The van der Waals surface area contributed by atoms with Crippen molar-refractivity contribution in [3.8, 4) is 11.5 Å². The van der Waals surface area contributed by atoms with Crippen LogP contribution in [-0.4, -0.2) is 41.3 Å². The van der Waals surface area contributed by atoms with Crippen molar-refractivity contribution in [2.75, 3.05) is 7.11 Å². The Morgan fingerprint density at radius 3 is 2.56 bits per heavy atom. The summed E-state index contributed by atoms with van der Waals surface area (Å²) in [5, 5.41) is 20.6. The summed E-state index contributed by atoms with van der Waals surface area (Å²) in [5.41, 5.74) is 0.549. The Morgan fingerprint density at radius 2 is 1.84 bits per heavy atom. The monoisotopic (exact) mass is 440 g/mol. The highest BCUT2D eigenvalue weighted by Crippen LogP contribution is 2.33. The van der Waals surface area contributed by atoms with Gasteiger partial charge in [-0.3, -0.25) is 4.79 Å². The zero-order valence-electron chi connectivity index (χ0n) is 18.9. The molecule has 1 heterocycles. The van der Waals surface area contributed by atoms with E-state index in [2.05, 4.69) is 0 Å². The molecule has 0 saturated carbocycles. The van der Waals surface area contributed by atoms with Crippen LogP contribution in [-0.2, 0) is 20.7 Å². The van der Waals surface area contributed by atoms with Crippen molar-refractivity contribution in [3.63, 3.8) is 0 Å². The summed E-state index contributed by atoms with van der Waals surface area (Å²) in [4.78, 5) is 25.8. The number of ether oxygens (including phenoxy) is 2. The lowest BCUT2D eigenvalue weighted by Crippen LogP contribution is -2.21. The molecule has 0 radical (unpaired) electrons. The predicted molar refractivity (Wildman–Crippen MR) is 124 cm³/mol. The minimum atomic E-state index is -0.741. The van der Waals surface area contributed by atoms with Gasteiger partial charge in [0.2, 0.25) is 0 Å². The fraction of sp³-hybridized carbons (Fsp3) is 0.385. The Morgan fingerprint density at radius 1 is 1.09 bits per heavy atom. The van der Waals surface area contributed by atoms with E-state index in [-0.39, 0.29) is 41.6 Å². The smallest absolute Gasteiger partial charge is 0.342 e. The van der Waals surface area contributed by atoms with Crippen LogP contribution < -0.4 is 0 Å². The molecule has 0 fully saturated rings. The Bertz CT molecular complexity index is 923. The maximum absolute atomic E-state index is 13.0. The van der Waals surface area contributed by atoms with Crippen molar-refractivity contribution in [1.29, 1.82) is 0 Å². The van der Waals surface area contributed by atoms with Crippen molar-refractivity contribution in [3.05, 3.63) is 71.4 Å². The van der Waals surface area contributed by atoms with Gasteiger partial charge in [0, 0.05) is 32.4 Å². The first-order chi connectivity index (χ1) is 15.4. The molecule has 1 aliphatic heterocycles. The average molecular weight is 441 g/mol. The predicted octanol–water partition coefficient (Wildman–Crippen LogP) is 4.88. The molecule has 172 valence electrons. The number of benzene rings is 1. The largest absolute Gasteiger partial charge is 0.508 e. The molecule has 0 aromatic heterocycles. The zero-order chi connectivity index (χ0) is 23.5. The van der Waals surface area contributed by atoms with Gasteiger partial charge in [0.15, 0.2) is 0 Å². The van der Waals surface area contributed by atoms with Crippen molar-refractivity contribution in [2.45, 2.75) is 58.2 Å². The highest BCUT2D eigenvalue weighted by Gasteiger charge is 2.26. The summed E-state index contributed by atoms with van der Waals surface area (Å²) in [5.74, 6) is -1.48. The van der Waals surface area contributed by atoms with Gasteiger partial charge < -0.3 is 19.7 Å². The third-order valence-corrected chi connectivity index (χ3v) is 5.34. The second-order valence-corrected chi connectivity index (χ2v) is 7.69. The molecule has 0 aliphatic carbocycles. The first-order valence-corrected chi connectivity index (χ1v) is 10.8. The van der Waals surface area contributed by atoms with Crippen molar-refractivity contribution in [2.24, 2.45) is 0 Å². The third kappa shape index (κ3) is 7.24. The van der Waals surface area contributed by atoms with E-state index in [9.17, 15) is 19.8 Å². The van der Waals surface area contributed by atoms with E-state index in [1.54, 1.807) is 26.2 Å². The lowest BCUT2D eigenvalue weighted by Gasteiger charge is -2.19. The van der Waals surface area contributed by atoms with Gasteiger partial charge in [-0.1, -0.05) is 42.5 Å². The molecule has 32 heavy (non-hydrogen) atoms. The highest BCUT2D eigenvalue weighted by molar-refractivity contribution is 5.97. The molecule has 2 rings (SSSR count). The second-order valence-electron chi connectivity index (χ2n) is 7.69. The fourth-order valence-corrected chi connectivity index (χ4v) is 3.50. The molecular weight excluding hydrogens is 408 g/mol. The van der Waals surface area contributed by atoms with E-state index in [0.29, 0.717) is 18.4 Å².